The number of rotatable bonds is 2. The Kier molecular flexibility index (Phi) is 7.09. The molecular weight excluding hydrogens is 603 g/mol. The molecule has 1 aromatic rings. The Balaban J connectivity index is 2.32. The molecule has 2 aliphatic rings. The summed E-state index contributed by atoms with van der Waals surface area (Å²) in [5.41, 5.74) is 4.13. The molecule has 0 N–H and O–H groups in total. The quantitative estimate of drug-likeness (QED) is 0.266. The molecule has 1 aliphatic heterocycles. The van der Waals surface area contributed by atoms with Crippen LogP contribution in [0.2, 0.25) is 0 Å². The monoisotopic (exact) mass is 619 g/mol. The van der Waals surface area contributed by atoms with Gasteiger partial charge in [0.1, 0.15) is 0 Å². The van der Waals surface area contributed by atoms with Crippen LogP contribution < -0.4 is 0 Å². The zero-order valence-corrected chi connectivity index (χ0v) is 24.2. The van der Waals surface area contributed by atoms with Gasteiger partial charge in [-0.25, -0.2) is 0 Å². The first-order valence-corrected chi connectivity index (χ1v) is 23.6. The van der Waals surface area contributed by atoms with Gasteiger partial charge in [-0.2, -0.15) is 0 Å². The molecule has 3 rings (SSSR count). The van der Waals surface area contributed by atoms with Gasteiger partial charge in [0, 0.05) is 0 Å². The summed E-state index contributed by atoms with van der Waals surface area (Å²) in [6, 6.07) is 4.54. The average molecular weight is 619 g/mol. The van der Waals surface area contributed by atoms with Crippen LogP contribution in [0.15, 0.2) is 17.2 Å². The van der Waals surface area contributed by atoms with Crippen LogP contribution in [0.3, 0.4) is 0 Å². The second kappa shape index (κ2) is 8.51. The molecule has 2 heterocycles. The molecular formula is C18H16KN2PUV. The van der Waals surface area contributed by atoms with E-state index in [1.54, 1.807) is 2.27 Å². The molecule has 0 saturated carbocycles. The fourth-order valence-electron chi connectivity index (χ4n) is 3.43. The molecule has 24 heavy (non-hydrogen) atoms. The van der Waals surface area contributed by atoms with Gasteiger partial charge in [0.15, 0.2) is 0 Å². The van der Waals surface area contributed by atoms with E-state index in [0.717, 1.165) is 11.5 Å². The van der Waals surface area contributed by atoms with Gasteiger partial charge >= 0.3 is 191 Å². The number of hydrogen-bond donors (Lipinski definition) is 0. The summed E-state index contributed by atoms with van der Waals surface area (Å²) in [5.74, 6) is 3.67. The van der Waals surface area contributed by atoms with Crippen molar-refractivity contribution in [1.29, 1.82) is 5.26 Å². The van der Waals surface area contributed by atoms with Crippen molar-refractivity contribution >= 4 is 60.6 Å². The number of nitriles is 1. The van der Waals surface area contributed by atoms with Gasteiger partial charge in [0.05, 0.1) is 0 Å². The number of hydrogen-bond acceptors (Lipinski definition) is 1. The van der Waals surface area contributed by atoms with Crippen molar-refractivity contribution in [3.05, 3.63) is 45.1 Å². The average Bonchev–Trinajstić information content (AvgIpc) is 2.89. The maximum absolute atomic E-state index is 9.56. The van der Waals surface area contributed by atoms with Gasteiger partial charge in [-0.05, 0) is 0 Å². The topological polar surface area (TPSA) is 28.1 Å². The van der Waals surface area contributed by atoms with E-state index in [-0.39, 0.29) is 0 Å². The number of nitrogens with zero attached hydrogens (tertiary/aromatic N) is 2. The first-order chi connectivity index (χ1) is 11.5. The Morgan fingerprint density at radius 2 is 2.08 bits per heavy atom. The zero-order valence-electron chi connectivity index (χ0n) is 14.6. The second-order valence-electron chi connectivity index (χ2n) is 7.03. The van der Waals surface area contributed by atoms with Gasteiger partial charge in [-0.1, -0.05) is 0 Å². The molecule has 0 spiro atoms. The predicted molar refractivity (Wildman–Crippen MR) is 94.7 cm³/mol. The zero-order chi connectivity index (χ0) is 17.4. The maximum atomic E-state index is 9.56. The molecule has 0 aromatic carbocycles. The van der Waals surface area contributed by atoms with Crippen LogP contribution in [-0.2, 0) is 10.7 Å². The van der Waals surface area contributed by atoms with E-state index in [2.05, 4.69) is 50.5 Å². The molecule has 0 fully saturated rings. The molecule has 6 heteroatoms. The van der Waals surface area contributed by atoms with E-state index in [4.69, 9.17) is 6.57 Å². The molecule has 1 aromatic heterocycles. The van der Waals surface area contributed by atoms with Crippen molar-refractivity contribution in [2.24, 2.45) is 5.92 Å². The van der Waals surface area contributed by atoms with Gasteiger partial charge < -0.3 is 0 Å². The third kappa shape index (κ3) is 3.77. The van der Waals surface area contributed by atoms with Crippen molar-refractivity contribution < 1.29 is 34.7 Å². The summed E-state index contributed by atoms with van der Waals surface area (Å²) >= 11 is -2.22. The first-order valence-electron chi connectivity index (χ1n) is 8.35. The van der Waals surface area contributed by atoms with Crippen LogP contribution in [0.4, 0.5) is 0 Å². The van der Waals surface area contributed by atoms with Crippen LogP contribution in [-0.4, -0.2) is 44.2 Å². The normalized spacial score (nSPS) is 17.4. The van der Waals surface area contributed by atoms with Crippen LogP contribution in [0, 0.1) is 47.8 Å². The third-order valence-corrected chi connectivity index (χ3v) is 45.7. The number of allylic oxidation sites excluding steroid dienone is 3. The van der Waals surface area contributed by atoms with E-state index < -0.39 is 70.0 Å². The molecule has 4 radical (unpaired) electrons. The van der Waals surface area contributed by atoms with Crippen molar-refractivity contribution in [3.8, 4) is 6.07 Å². The van der Waals surface area contributed by atoms with Crippen LogP contribution in [0.25, 0.3) is 13.0 Å². The predicted octanol–water partition coefficient (Wildman–Crippen LogP) is 4.81. The Labute approximate surface area is 187 Å². The Morgan fingerprint density at radius 1 is 1.33 bits per heavy atom. The molecule has 0 amide bonds. The van der Waals surface area contributed by atoms with E-state index in [0.29, 0.717) is 22.3 Å². The Hall–Kier alpha value is 1.25. The van der Waals surface area contributed by atoms with E-state index >= 15 is 0 Å². The molecule has 2 nitrogen and oxygen atoms in total. The van der Waals surface area contributed by atoms with Gasteiger partial charge in [0.2, 0.25) is 0 Å². The molecule has 0 bridgehead atoms. The molecule has 0 unspecified atom stereocenters. The molecule has 113 valence electrons. The third-order valence-electron chi connectivity index (χ3n) is 4.95. The number of fused-ring (bicyclic) bond motifs is 2. The summed E-state index contributed by atoms with van der Waals surface area (Å²) in [6.07, 6.45) is 0. The van der Waals surface area contributed by atoms with Crippen molar-refractivity contribution in [1.82, 2.24) is 0 Å². The van der Waals surface area contributed by atoms with Crippen LogP contribution in [0.5, 0.6) is 0 Å². The summed E-state index contributed by atoms with van der Waals surface area (Å²) in [6.45, 7) is 16.7. The molecule has 0 saturated heterocycles. The second-order valence-corrected chi connectivity index (χ2v) is 25.7. The van der Waals surface area contributed by atoms with Gasteiger partial charge in [0.25, 0.3) is 0 Å². The summed E-state index contributed by atoms with van der Waals surface area (Å²) in [4.78, 5) is 3.62. The van der Waals surface area contributed by atoms with Gasteiger partial charge in [-0.15, -0.1) is 0 Å². The fraction of sp³-hybridized carbons (Fsp3) is 0.333. The minimum absolute atomic E-state index is 0.352. The van der Waals surface area contributed by atoms with Crippen LogP contribution in [0.1, 0.15) is 50.0 Å². The fourth-order valence-corrected chi connectivity index (χ4v) is 51.5. The van der Waals surface area contributed by atoms with E-state index in [1.807, 2.05) is -1.72 Å². The van der Waals surface area contributed by atoms with Gasteiger partial charge in [-0.3, -0.25) is 0 Å². The Morgan fingerprint density at radius 3 is 2.67 bits per heavy atom. The van der Waals surface area contributed by atoms with Crippen molar-refractivity contribution in [3.63, 3.8) is 0 Å². The Bertz CT molecular complexity index is 927. The molecule has 1 aliphatic carbocycles. The summed E-state index contributed by atoms with van der Waals surface area (Å²) in [7, 11) is 1.85. The SMILES string of the molecule is [C-]#[N+]/C(C#N)=C1\[C]2=[C]([U]=[V][C](C(C)C)=[K]2)c2cpc(C(C)C)cc21. The first kappa shape index (κ1) is 20.0. The van der Waals surface area contributed by atoms with E-state index in [1.165, 1.54) is 24.6 Å². The van der Waals surface area contributed by atoms with E-state index in [9.17, 15) is 5.26 Å². The van der Waals surface area contributed by atoms with Crippen molar-refractivity contribution in [2.75, 3.05) is 0 Å². The van der Waals surface area contributed by atoms with Crippen LogP contribution >= 0.6 is 8.19 Å². The summed E-state index contributed by atoms with van der Waals surface area (Å²) < 4.78 is 5.26. The minimum atomic E-state index is -1.30. The standard InChI is InChI=1S/C14H9N2P.C4H7.K.U.V/c1-9(2)14-6-12-10(8-17-14)4-5-11(12)13(7-15)16-3;1-4(2)3;;;/h6,8-9H,1-2H3;4H,1-2H3;;;/b13-11+;;;;. The summed E-state index contributed by atoms with van der Waals surface area (Å²) in [5, 5.41) is 11.0. The van der Waals surface area contributed by atoms with Crippen molar-refractivity contribution in [2.45, 2.75) is 33.6 Å². The molecule has 0 atom stereocenters.